The molecule has 1 aliphatic carbocycles. The zero-order valence-electron chi connectivity index (χ0n) is 10.1. The molecule has 0 saturated carbocycles. The summed E-state index contributed by atoms with van der Waals surface area (Å²) >= 11 is 0. The number of aromatic nitrogens is 4. The minimum absolute atomic E-state index is 0.644. The van der Waals surface area contributed by atoms with Crippen molar-refractivity contribution in [1.82, 2.24) is 20.1 Å². The molecular weight excluding hydrogens is 230 g/mol. The van der Waals surface area contributed by atoms with Crippen LogP contribution in [0.15, 0.2) is 17.2 Å². The highest BCUT2D eigenvalue weighted by atomic mass is 16.5. The third-order valence-corrected chi connectivity index (χ3v) is 3.16. The molecule has 0 unspecified atom stereocenters. The van der Waals surface area contributed by atoms with Crippen LogP contribution in [0.4, 0.5) is 5.82 Å². The molecule has 0 aliphatic heterocycles. The lowest BCUT2D eigenvalue weighted by Crippen LogP contribution is -2.13. The van der Waals surface area contributed by atoms with Gasteiger partial charge in [0.15, 0.2) is 6.33 Å². The second kappa shape index (κ2) is 5.12. The molecule has 0 aromatic carbocycles. The fraction of sp³-hybridized carbons (Fsp3) is 0.500. The highest BCUT2D eigenvalue weighted by Crippen LogP contribution is 2.24. The SMILES string of the molecule is c1noc(CCNc2ncnc3c2CCCC3)n1. The summed E-state index contributed by atoms with van der Waals surface area (Å²) in [6.07, 6.45) is 8.35. The van der Waals surface area contributed by atoms with E-state index in [-0.39, 0.29) is 0 Å². The third-order valence-electron chi connectivity index (χ3n) is 3.16. The van der Waals surface area contributed by atoms with Crippen LogP contribution >= 0.6 is 0 Å². The van der Waals surface area contributed by atoms with E-state index < -0.39 is 0 Å². The Labute approximate surface area is 105 Å². The van der Waals surface area contributed by atoms with Gasteiger partial charge in [0.25, 0.3) is 0 Å². The molecule has 0 radical (unpaired) electrons. The molecule has 2 aromatic heterocycles. The van der Waals surface area contributed by atoms with Gasteiger partial charge >= 0.3 is 0 Å². The van der Waals surface area contributed by atoms with E-state index >= 15 is 0 Å². The lowest BCUT2D eigenvalue weighted by atomic mass is 9.96. The van der Waals surface area contributed by atoms with Crippen LogP contribution in [0.25, 0.3) is 0 Å². The van der Waals surface area contributed by atoms with E-state index in [1.165, 1.54) is 30.4 Å². The first-order valence-corrected chi connectivity index (χ1v) is 6.25. The summed E-state index contributed by atoms with van der Waals surface area (Å²) in [5.74, 6) is 1.60. The topological polar surface area (TPSA) is 76.7 Å². The Morgan fingerprint density at radius 1 is 1.11 bits per heavy atom. The first-order chi connectivity index (χ1) is 8.93. The zero-order chi connectivity index (χ0) is 12.2. The fourth-order valence-electron chi connectivity index (χ4n) is 2.27. The van der Waals surface area contributed by atoms with E-state index in [2.05, 4.69) is 25.4 Å². The molecule has 3 rings (SSSR count). The summed E-state index contributed by atoms with van der Waals surface area (Å²) < 4.78 is 4.95. The van der Waals surface area contributed by atoms with Gasteiger partial charge in [-0.2, -0.15) is 4.98 Å². The Kier molecular flexibility index (Phi) is 3.16. The van der Waals surface area contributed by atoms with Crippen molar-refractivity contribution >= 4 is 5.82 Å². The Morgan fingerprint density at radius 3 is 2.94 bits per heavy atom. The molecule has 6 heteroatoms. The van der Waals surface area contributed by atoms with Gasteiger partial charge < -0.3 is 9.84 Å². The number of hydrogen-bond donors (Lipinski definition) is 1. The molecule has 0 atom stereocenters. The largest absolute Gasteiger partial charge is 0.369 e. The molecule has 1 N–H and O–H groups in total. The number of aryl methyl sites for hydroxylation is 1. The van der Waals surface area contributed by atoms with Crippen molar-refractivity contribution in [3.63, 3.8) is 0 Å². The molecule has 2 aromatic rings. The fourth-order valence-corrected chi connectivity index (χ4v) is 2.27. The summed E-state index contributed by atoms with van der Waals surface area (Å²) in [7, 11) is 0. The van der Waals surface area contributed by atoms with Crippen molar-refractivity contribution in [2.24, 2.45) is 0 Å². The van der Waals surface area contributed by atoms with Crippen LogP contribution in [0, 0.1) is 0 Å². The van der Waals surface area contributed by atoms with Gasteiger partial charge in [-0.3, -0.25) is 0 Å². The molecule has 2 heterocycles. The lowest BCUT2D eigenvalue weighted by Gasteiger charge is -2.17. The molecule has 1 aliphatic rings. The van der Waals surface area contributed by atoms with Crippen LogP contribution in [0.1, 0.15) is 30.0 Å². The van der Waals surface area contributed by atoms with Gasteiger partial charge in [-0.15, -0.1) is 0 Å². The predicted octanol–water partition coefficient (Wildman–Crippen LogP) is 1.39. The normalized spacial score (nSPS) is 14.2. The minimum atomic E-state index is 0.644. The van der Waals surface area contributed by atoms with Gasteiger partial charge in [0, 0.05) is 24.2 Å². The van der Waals surface area contributed by atoms with Crippen molar-refractivity contribution in [2.75, 3.05) is 11.9 Å². The van der Waals surface area contributed by atoms with Gasteiger partial charge in [-0.1, -0.05) is 5.16 Å². The van der Waals surface area contributed by atoms with E-state index in [9.17, 15) is 0 Å². The maximum atomic E-state index is 4.95. The number of anilines is 1. The van der Waals surface area contributed by atoms with Gasteiger partial charge in [-0.05, 0) is 25.7 Å². The Hall–Kier alpha value is -1.98. The summed E-state index contributed by atoms with van der Waals surface area (Å²) in [6.45, 7) is 0.742. The standard InChI is InChI=1S/C12H15N5O/c1-2-4-10-9(3-1)12(16-7-14-10)13-6-5-11-15-8-17-18-11/h7-8H,1-6H2,(H,13,14,16). The smallest absolute Gasteiger partial charge is 0.228 e. The van der Waals surface area contributed by atoms with E-state index in [4.69, 9.17) is 4.52 Å². The zero-order valence-corrected chi connectivity index (χ0v) is 10.1. The van der Waals surface area contributed by atoms with E-state index in [0.29, 0.717) is 12.3 Å². The molecule has 6 nitrogen and oxygen atoms in total. The number of nitrogens with one attached hydrogen (secondary N) is 1. The molecular formula is C12H15N5O. The highest BCUT2D eigenvalue weighted by molar-refractivity contribution is 5.46. The van der Waals surface area contributed by atoms with Crippen LogP contribution in [0.3, 0.4) is 0 Å². The van der Waals surface area contributed by atoms with Crippen LogP contribution in [0.2, 0.25) is 0 Å². The average Bonchev–Trinajstić information content (AvgIpc) is 2.92. The Morgan fingerprint density at radius 2 is 2.06 bits per heavy atom. The predicted molar refractivity (Wildman–Crippen MR) is 65.2 cm³/mol. The van der Waals surface area contributed by atoms with Crippen LogP contribution in [-0.2, 0) is 19.3 Å². The second-order valence-electron chi connectivity index (χ2n) is 4.37. The number of rotatable bonds is 4. The summed E-state index contributed by atoms with van der Waals surface area (Å²) in [6, 6.07) is 0. The van der Waals surface area contributed by atoms with Crippen LogP contribution in [0.5, 0.6) is 0 Å². The first-order valence-electron chi connectivity index (χ1n) is 6.25. The van der Waals surface area contributed by atoms with Crippen molar-refractivity contribution in [3.05, 3.63) is 29.8 Å². The highest BCUT2D eigenvalue weighted by Gasteiger charge is 2.15. The molecule has 0 fully saturated rings. The van der Waals surface area contributed by atoms with Crippen molar-refractivity contribution in [1.29, 1.82) is 0 Å². The first kappa shape index (κ1) is 11.1. The summed E-state index contributed by atoms with van der Waals surface area (Å²) in [5, 5.41) is 6.91. The van der Waals surface area contributed by atoms with Crippen LogP contribution in [-0.4, -0.2) is 26.7 Å². The monoisotopic (exact) mass is 245 g/mol. The maximum absolute atomic E-state index is 4.95. The number of hydrogen-bond acceptors (Lipinski definition) is 6. The van der Waals surface area contributed by atoms with Gasteiger partial charge in [0.05, 0.1) is 0 Å². The Bertz CT molecular complexity index is 511. The molecule has 0 bridgehead atoms. The maximum Gasteiger partial charge on any atom is 0.228 e. The quantitative estimate of drug-likeness (QED) is 0.877. The molecule has 0 saturated heterocycles. The third kappa shape index (κ3) is 2.32. The average molecular weight is 245 g/mol. The lowest BCUT2D eigenvalue weighted by molar-refractivity contribution is 0.379. The minimum Gasteiger partial charge on any atom is -0.369 e. The van der Waals surface area contributed by atoms with E-state index in [0.717, 1.165) is 25.2 Å². The van der Waals surface area contributed by atoms with Gasteiger partial charge in [0.1, 0.15) is 12.1 Å². The van der Waals surface area contributed by atoms with Crippen molar-refractivity contribution in [3.8, 4) is 0 Å². The van der Waals surface area contributed by atoms with Crippen molar-refractivity contribution in [2.45, 2.75) is 32.1 Å². The number of fused-ring (bicyclic) bond motifs is 1. The molecule has 0 spiro atoms. The van der Waals surface area contributed by atoms with Gasteiger partial charge in [-0.25, -0.2) is 9.97 Å². The molecule has 18 heavy (non-hydrogen) atoms. The molecule has 0 amide bonds. The van der Waals surface area contributed by atoms with E-state index in [1.807, 2.05) is 0 Å². The van der Waals surface area contributed by atoms with Gasteiger partial charge in [0.2, 0.25) is 5.89 Å². The van der Waals surface area contributed by atoms with E-state index in [1.54, 1.807) is 6.33 Å². The van der Waals surface area contributed by atoms with Crippen LogP contribution < -0.4 is 5.32 Å². The Balaban J connectivity index is 1.65. The summed E-state index contributed by atoms with van der Waals surface area (Å²) in [4.78, 5) is 12.7. The second-order valence-corrected chi connectivity index (χ2v) is 4.37. The van der Waals surface area contributed by atoms with Crippen molar-refractivity contribution < 1.29 is 4.52 Å². The number of nitrogens with zero attached hydrogens (tertiary/aromatic N) is 4. The summed E-state index contributed by atoms with van der Waals surface area (Å²) in [5.41, 5.74) is 2.46. The molecule has 94 valence electrons.